The predicted octanol–water partition coefficient (Wildman–Crippen LogP) is 3.54. The molecule has 0 bridgehead atoms. The molecule has 29 heavy (non-hydrogen) atoms. The lowest BCUT2D eigenvalue weighted by atomic mass is 9.90. The van der Waals surface area contributed by atoms with Crippen LogP contribution in [0.4, 0.5) is 0 Å². The monoisotopic (exact) mass is 390 g/mol. The first-order valence-electron chi connectivity index (χ1n) is 9.74. The van der Waals surface area contributed by atoms with E-state index >= 15 is 0 Å². The maximum absolute atomic E-state index is 12.7. The Morgan fingerprint density at radius 1 is 0.862 bits per heavy atom. The summed E-state index contributed by atoms with van der Waals surface area (Å²) in [6.45, 7) is 1.75. The number of nitrogens with zero attached hydrogens (tertiary/aromatic N) is 2. The van der Waals surface area contributed by atoms with Crippen molar-refractivity contribution in [2.75, 3.05) is 0 Å². The van der Waals surface area contributed by atoms with E-state index in [2.05, 4.69) is 10.3 Å². The van der Waals surface area contributed by atoms with Crippen LogP contribution in [-0.4, -0.2) is 35.2 Å². The molecular weight excluding hydrogens is 368 g/mol. The molecule has 2 aliphatic heterocycles. The highest BCUT2D eigenvalue weighted by Crippen LogP contribution is 2.23. The highest BCUT2D eigenvalue weighted by Gasteiger charge is 2.35. The molecule has 2 heterocycles. The molecule has 3 atom stereocenters. The van der Waals surface area contributed by atoms with Crippen LogP contribution in [0.3, 0.4) is 0 Å². The van der Waals surface area contributed by atoms with Crippen molar-refractivity contribution in [1.29, 1.82) is 0 Å². The van der Waals surface area contributed by atoms with E-state index in [1.165, 1.54) is 0 Å². The Kier molecular flexibility index (Phi) is 5.51. The Morgan fingerprint density at radius 2 is 1.34 bits per heavy atom. The molecule has 0 radical (unpaired) electrons. The minimum Gasteiger partial charge on any atom is -0.384 e. The summed E-state index contributed by atoms with van der Waals surface area (Å²) in [6.07, 6.45) is -0.343. The fourth-order valence-corrected chi connectivity index (χ4v) is 3.53. The number of benzene rings is 2. The summed E-state index contributed by atoms with van der Waals surface area (Å²) in [5.74, 6) is -0.708. The molecule has 0 aromatic heterocycles. The number of carbonyl (C=O) groups is 2. The molecule has 6 nitrogen and oxygen atoms in total. The molecule has 2 aromatic carbocycles. The van der Waals surface area contributed by atoms with Crippen molar-refractivity contribution < 1.29 is 19.3 Å². The minimum atomic E-state index is -0.645. The second kappa shape index (κ2) is 8.39. The Bertz CT molecular complexity index is 953. The zero-order valence-corrected chi connectivity index (χ0v) is 16.2. The third-order valence-electron chi connectivity index (χ3n) is 5.22. The van der Waals surface area contributed by atoms with Gasteiger partial charge in [-0.2, -0.15) is 0 Å². The maximum Gasteiger partial charge on any atom is 0.191 e. The molecule has 148 valence electrons. The van der Waals surface area contributed by atoms with Gasteiger partial charge in [0, 0.05) is 25.2 Å². The van der Waals surface area contributed by atoms with Crippen molar-refractivity contribution in [3.05, 3.63) is 71.8 Å². The first-order chi connectivity index (χ1) is 14.1. The van der Waals surface area contributed by atoms with Gasteiger partial charge in [0.15, 0.2) is 23.8 Å². The standard InChI is InChI=1S/C23H22N2O4/c1-15(23(27)22-14-19(25-29-22)17-10-6-3-7-11-17)12-20(26)21-13-18(24-28-21)16-8-4-2-5-9-16/h2-11,15,21-22H,12-14H2,1H3/t15-,21-,22-/m1/s1. The van der Waals surface area contributed by atoms with Crippen molar-refractivity contribution in [3.8, 4) is 0 Å². The van der Waals surface area contributed by atoms with E-state index in [1.54, 1.807) is 6.92 Å². The summed E-state index contributed by atoms with van der Waals surface area (Å²) in [6, 6.07) is 19.3. The van der Waals surface area contributed by atoms with Gasteiger partial charge in [-0.05, 0) is 11.1 Å². The van der Waals surface area contributed by atoms with Gasteiger partial charge >= 0.3 is 0 Å². The third-order valence-corrected chi connectivity index (χ3v) is 5.22. The maximum atomic E-state index is 12.7. The first kappa shape index (κ1) is 19.1. The number of ketones is 2. The summed E-state index contributed by atoms with van der Waals surface area (Å²) in [5, 5.41) is 8.11. The zero-order chi connectivity index (χ0) is 20.2. The van der Waals surface area contributed by atoms with Crippen LogP contribution in [0.15, 0.2) is 71.0 Å². The predicted molar refractivity (Wildman–Crippen MR) is 109 cm³/mol. The van der Waals surface area contributed by atoms with Gasteiger partial charge in [0.2, 0.25) is 0 Å². The van der Waals surface area contributed by atoms with Crippen molar-refractivity contribution in [2.24, 2.45) is 16.2 Å². The van der Waals surface area contributed by atoms with Gasteiger partial charge in [0.1, 0.15) is 0 Å². The molecule has 2 aromatic rings. The van der Waals surface area contributed by atoms with Crippen LogP contribution >= 0.6 is 0 Å². The second-order valence-electron chi connectivity index (χ2n) is 7.38. The van der Waals surface area contributed by atoms with Crippen molar-refractivity contribution in [3.63, 3.8) is 0 Å². The van der Waals surface area contributed by atoms with Gasteiger partial charge in [-0.15, -0.1) is 0 Å². The van der Waals surface area contributed by atoms with Crippen LogP contribution in [0.2, 0.25) is 0 Å². The Balaban J connectivity index is 1.29. The number of hydrogen-bond donors (Lipinski definition) is 0. The molecule has 0 N–H and O–H groups in total. The van der Waals surface area contributed by atoms with Crippen molar-refractivity contribution >= 4 is 23.0 Å². The Morgan fingerprint density at radius 3 is 1.90 bits per heavy atom. The van der Waals surface area contributed by atoms with E-state index in [9.17, 15) is 9.59 Å². The van der Waals surface area contributed by atoms with Crippen molar-refractivity contribution in [1.82, 2.24) is 0 Å². The van der Waals surface area contributed by atoms with Crippen LogP contribution in [0, 0.1) is 5.92 Å². The molecule has 0 unspecified atom stereocenters. The van der Waals surface area contributed by atoms with E-state index in [4.69, 9.17) is 9.68 Å². The molecule has 0 spiro atoms. The molecule has 0 saturated carbocycles. The quantitative estimate of drug-likeness (QED) is 0.725. The van der Waals surface area contributed by atoms with Gasteiger partial charge in [0.25, 0.3) is 0 Å². The van der Waals surface area contributed by atoms with Crippen LogP contribution in [0.1, 0.15) is 37.3 Å². The topological polar surface area (TPSA) is 77.3 Å². The lowest BCUT2D eigenvalue weighted by molar-refractivity contribution is -0.137. The second-order valence-corrected chi connectivity index (χ2v) is 7.38. The smallest absolute Gasteiger partial charge is 0.191 e. The average molecular weight is 390 g/mol. The summed E-state index contributed by atoms with van der Waals surface area (Å²) < 4.78 is 0. The Hall–Kier alpha value is -3.28. The normalized spacial score (nSPS) is 21.6. The number of oxime groups is 2. The summed E-state index contributed by atoms with van der Waals surface area (Å²) in [5.41, 5.74) is 3.39. The molecule has 0 saturated heterocycles. The highest BCUT2D eigenvalue weighted by molar-refractivity contribution is 6.06. The van der Waals surface area contributed by atoms with E-state index in [1.807, 2.05) is 60.7 Å². The van der Waals surface area contributed by atoms with Crippen LogP contribution in [0.5, 0.6) is 0 Å². The lowest BCUT2D eigenvalue weighted by Crippen LogP contribution is -2.31. The largest absolute Gasteiger partial charge is 0.384 e. The van der Waals surface area contributed by atoms with Gasteiger partial charge < -0.3 is 9.68 Å². The van der Waals surface area contributed by atoms with Gasteiger partial charge in [0.05, 0.1) is 11.4 Å². The molecule has 6 heteroatoms. The molecule has 2 aliphatic rings. The minimum absolute atomic E-state index is 0.0988. The van der Waals surface area contributed by atoms with Gasteiger partial charge in [-0.1, -0.05) is 77.9 Å². The summed E-state index contributed by atoms with van der Waals surface area (Å²) in [4.78, 5) is 36.1. The van der Waals surface area contributed by atoms with Gasteiger partial charge in [-0.25, -0.2) is 0 Å². The average Bonchev–Trinajstić information content (AvgIpc) is 3.45. The summed E-state index contributed by atoms with van der Waals surface area (Å²) >= 11 is 0. The highest BCUT2D eigenvalue weighted by atomic mass is 16.6. The van der Waals surface area contributed by atoms with Crippen LogP contribution in [-0.2, 0) is 19.3 Å². The number of Topliss-reactive ketones (excluding diaryl/α,β-unsaturated/α-hetero) is 2. The number of rotatable bonds is 7. The van der Waals surface area contributed by atoms with E-state index in [0.29, 0.717) is 12.8 Å². The third kappa shape index (κ3) is 4.26. The summed E-state index contributed by atoms with van der Waals surface area (Å²) in [7, 11) is 0. The van der Waals surface area contributed by atoms with E-state index < -0.39 is 18.1 Å². The van der Waals surface area contributed by atoms with E-state index in [0.717, 1.165) is 22.6 Å². The fraction of sp³-hybridized carbons (Fsp3) is 0.304. The molecule has 0 fully saturated rings. The molecular formula is C23H22N2O4. The van der Waals surface area contributed by atoms with Crippen LogP contribution in [0.25, 0.3) is 0 Å². The lowest BCUT2D eigenvalue weighted by Gasteiger charge is -2.15. The van der Waals surface area contributed by atoms with Gasteiger partial charge in [-0.3, -0.25) is 9.59 Å². The Labute approximate surface area is 169 Å². The SMILES string of the molecule is C[C@H](CC(=O)[C@H]1CC(c2ccccc2)=NO1)C(=O)[C@H]1CC(c2ccccc2)=NO1. The molecule has 0 amide bonds. The first-order valence-corrected chi connectivity index (χ1v) is 9.74. The zero-order valence-electron chi connectivity index (χ0n) is 16.2. The van der Waals surface area contributed by atoms with Crippen molar-refractivity contribution in [2.45, 2.75) is 38.4 Å². The molecule has 0 aliphatic carbocycles. The number of hydrogen-bond acceptors (Lipinski definition) is 6. The van der Waals surface area contributed by atoms with Crippen LogP contribution < -0.4 is 0 Å². The number of carbonyl (C=O) groups excluding carboxylic acids is 2. The molecule has 4 rings (SSSR count). The van der Waals surface area contributed by atoms with E-state index in [-0.39, 0.29) is 18.0 Å². The fourth-order valence-electron chi connectivity index (χ4n) is 3.53.